The maximum atomic E-state index is 12.5. The van der Waals surface area contributed by atoms with Crippen LogP contribution in [0.15, 0.2) is 46.8 Å². The van der Waals surface area contributed by atoms with E-state index in [-0.39, 0.29) is 5.91 Å². The molecule has 0 bridgehead atoms. The molecule has 0 unspecified atom stereocenters. The Balaban J connectivity index is 1.43. The van der Waals surface area contributed by atoms with Gasteiger partial charge in [0.2, 0.25) is 5.91 Å². The summed E-state index contributed by atoms with van der Waals surface area (Å²) in [6.45, 7) is 2.04. The molecule has 1 saturated heterocycles. The minimum atomic E-state index is -0.0445. The number of halogens is 1. The number of hydrogen-bond acceptors (Lipinski definition) is 5. The fourth-order valence-electron chi connectivity index (χ4n) is 3.07. The molecule has 0 saturated carbocycles. The molecule has 1 aliphatic rings. The lowest BCUT2D eigenvalue weighted by Crippen LogP contribution is -2.21. The van der Waals surface area contributed by atoms with E-state index in [0.29, 0.717) is 10.8 Å². The first-order valence-corrected chi connectivity index (χ1v) is 10.7. The predicted molar refractivity (Wildman–Crippen MR) is 112 cm³/mol. The van der Waals surface area contributed by atoms with E-state index in [9.17, 15) is 4.79 Å². The minimum absolute atomic E-state index is 0.0445. The number of benzene rings is 2. The molecular weight excluding hydrogens is 386 g/mol. The number of rotatable bonds is 5. The molecule has 1 aliphatic heterocycles. The molecule has 1 N–H and O–H groups in total. The molecule has 7 heteroatoms. The summed E-state index contributed by atoms with van der Waals surface area (Å²) >= 11 is 9.22. The topological polar surface area (TPSA) is 45.2 Å². The second-order valence-electron chi connectivity index (χ2n) is 6.14. The molecule has 2 heterocycles. The Kier molecular flexibility index (Phi) is 5.33. The van der Waals surface area contributed by atoms with Gasteiger partial charge in [-0.3, -0.25) is 4.79 Å². The molecule has 0 spiro atoms. The lowest BCUT2D eigenvalue weighted by atomic mass is 10.2. The first kappa shape index (κ1) is 17.6. The molecule has 0 aliphatic carbocycles. The van der Waals surface area contributed by atoms with Gasteiger partial charge in [0.15, 0.2) is 4.34 Å². The number of nitrogens with one attached hydrogen (secondary N) is 1. The summed E-state index contributed by atoms with van der Waals surface area (Å²) < 4.78 is 2.05. The summed E-state index contributed by atoms with van der Waals surface area (Å²) in [5.74, 6) is 0.281. The van der Waals surface area contributed by atoms with Gasteiger partial charge in [0, 0.05) is 18.1 Å². The van der Waals surface area contributed by atoms with Crippen molar-refractivity contribution in [2.75, 3.05) is 29.1 Å². The van der Waals surface area contributed by atoms with E-state index in [0.717, 1.165) is 39.0 Å². The van der Waals surface area contributed by atoms with Crippen molar-refractivity contribution in [3.8, 4) is 0 Å². The number of aromatic nitrogens is 1. The third-order valence-corrected chi connectivity index (χ3v) is 6.69. The first-order chi connectivity index (χ1) is 12.7. The van der Waals surface area contributed by atoms with Crippen LogP contribution in [0.4, 0.5) is 11.4 Å². The summed E-state index contributed by atoms with van der Waals surface area (Å²) in [4.78, 5) is 19.3. The number of carbonyl (C=O) groups excluding carboxylic acids is 1. The number of fused-ring (bicyclic) bond motifs is 1. The zero-order valence-corrected chi connectivity index (χ0v) is 16.5. The van der Waals surface area contributed by atoms with Gasteiger partial charge in [0.25, 0.3) is 0 Å². The number of anilines is 2. The normalized spacial score (nSPS) is 14.1. The molecule has 1 aromatic heterocycles. The quantitative estimate of drug-likeness (QED) is 0.588. The van der Waals surface area contributed by atoms with Crippen LogP contribution >= 0.6 is 34.7 Å². The van der Waals surface area contributed by atoms with Crippen molar-refractivity contribution in [3.63, 3.8) is 0 Å². The monoisotopic (exact) mass is 403 g/mol. The smallest absolute Gasteiger partial charge is 0.234 e. The Morgan fingerprint density at radius 2 is 2.04 bits per heavy atom. The van der Waals surface area contributed by atoms with Gasteiger partial charge in [-0.2, -0.15) is 0 Å². The van der Waals surface area contributed by atoms with Crippen LogP contribution in [0, 0.1) is 0 Å². The summed E-state index contributed by atoms with van der Waals surface area (Å²) in [5.41, 5.74) is 2.81. The molecular formula is C19H18ClN3OS2. The van der Waals surface area contributed by atoms with E-state index in [1.54, 1.807) is 11.3 Å². The number of nitrogens with zero attached hydrogens (tertiary/aromatic N) is 2. The summed E-state index contributed by atoms with van der Waals surface area (Å²) in [6, 6.07) is 13.7. The molecule has 2 aromatic carbocycles. The number of amides is 1. The van der Waals surface area contributed by atoms with Crippen LogP contribution in [0.25, 0.3) is 10.2 Å². The Morgan fingerprint density at radius 3 is 2.85 bits per heavy atom. The number of hydrogen-bond donors (Lipinski definition) is 1. The molecule has 0 radical (unpaired) electrons. The maximum Gasteiger partial charge on any atom is 0.234 e. The summed E-state index contributed by atoms with van der Waals surface area (Å²) in [6.07, 6.45) is 2.37. The van der Waals surface area contributed by atoms with Gasteiger partial charge < -0.3 is 10.2 Å². The Morgan fingerprint density at radius 1 is 1.23 bits per heavy atom. The van der Waals surface area contributed by atoms with Crippen LogP contribution in [-0.2, 0) is 4.79 Å². The Hall–Kier alpha value is -1.76. The van der Waals surface area contributed by atoms with Crippen molar-refractivity contribution in [2.24, 2.45) is 0 Å². The molecule has 134 valence electrons. The van der Waals surface area contributed by atoms with Crippen LogP contribution in [-0.4, -0.2) is 29.7 Å². The molecule has 4 nitrogen and oxygen atoms in total. The molecule has 3 aromatic rings. The lowest BCUT2D eigenvalue weighted by molar-refractivity contribution is -0.113. The van der Waals surface area contributed by atoms with Crippen molar-refractivity contribution >= 4 is 62.2 Å². The summed E-state index contributed by atoms with van der Waals surface area (Å²) in [7, 11) is 0. The van der Waals surface area contributed by atoms with E-state index in [1.165, 1.54) is 24.6 Å². The molecule has 0 atom stereocenters. The minimum Gasteiger partial charge on any atom is -0.370 e. The lowest BCUT2D eigenvalue weighted by Gasteiger charge is -2.21. The van der Waals surface area contributed by atoms with Gasteiger partial charge >= 0.3 is 0 Å². The van der Waals surface area contributed by atoms with E-state index < -0.39 is 0 Å². The second-order valence-corrected chi connectivity index (χ2v) is 8.83. The highest BCUT2D eigenvalue weighted by molar-refractivity contribution is 8.01. The van der Waals surface area contributed by atoms with Crippen molar-refractivity contribution in [1.82, 2.24) is 4.98 Å². The van der Waals surface area contributed by atoms with Crippen molar-refractivity contribution in [3.05, 3.63) is 47.5 Å². The number of thiazole rings is 1. The molecule has 26 heavy (non-hydrogen) atoms. The molecule has 4 rings (SSSR count). The Bertz CT molecular complexity index is 904. The Labute approximate surface area is 165 Å². The van der Waals surface area contributed by atoms with Crippen LogP contribution in [0.2, 0.25) is 5.02 Å². The fourth-order valence-corrected chi connectivity index (χ4v) is 5.11. The first-order valence-electron chi connectivity index (χ1n) is 8.52. The van der Waals surface area contributed by atoms with Gasteiger partial charge in [0.05, 0.1) is 27.3 Å². The number of carbonyl (C=O) groups is 1. The van der Waals surface area contributed by atoms with E-state index in [4.69, 9.17) is 11.6 Å². The van der Waals surface area contributed by atoms with Gasteiger partial charge in [-0.05, 0) is 43.2 Å². The van der Waals surface area contributed by atoms with Gasteiger partial charge in [0.1, 0.15) is 0 Å². The average Bonchev–Trinajstić information content (AvgIpc) is 3.29. The molecule has 1 amide bonds. The van der Waals surface area contributed by atoms with Gasteiger partial charge in [-0.1, -0.05) is 35.5 Å². The highest BCUT2D eigenvalue weighted by atomic mass is 35.5. The highest BCUT2D eigenvalue weighted by Gasteiger charge is 2.17. The van der Waals surface area contributed by atoms with Crippen LogP contribution < -0.4 is 10.2 Å². The zero-order chi connectivity index (χ0) is 17.9. The van der Waals surface area contributed by atoms with Gasteiger partial charge in [-0.15, -0.1) is 11.3 Å². The number of para-hydroxylation sites is 1. The van der Waals surface area contributed by atoms with E-state index in [2.05, 4.69) is 15.2 Å². The third kappa shape index (κ3) is 3.98. The molecule has 1 fully saturated rings. The highest BCUT2D eigenvalue weighted by Crippen LogP contribution is 2.33. The van der Waals surface area contributed by atoms with Gasteiger partial charge in [-0.25, -0.2) is 4.98 Å². The van der Waals surface area contributed by atoms with Crippen LogP contribution in [0.5, 0.6) is 0 Å². The van der Waals surface area contributed by atoms with Crippen molar-refractivity contribution in [2.45, 2.75) is 17.2 Å². The second kappa shape index (κ2) is 7.86. The average molecular weight is 404 g/mol. The standard InChI is InChI=1S/C19H18ClN3OS2/c20-13-7-8-16(23-9-3-4-10-23)15(11-13)21-18(24)12-25-19-22-14-5-1-2-6-17(14)26-19/h1-2,5-8,11H,3-4,9-10,12H2,(H,21,24). The largest absolute Gasteiger partial charge is 0.370 e. The van der Waals surface area contributed by atoms with Crippen molar-refractivity contribution < 1.29 is 4.79 Å². The third-order valence-electron chi connectivity index (χ3n) is 4.28. The van der Waals surface area contributed by atoms with Crippen LogP contribution in [0.3, 0.4) is 0 Å². The maximum absolute atomic E-state index is 12.5. The van der Waals surface area contributed by atoms with E-state index in [1.807, 2.05) is 42.5 Å². The zero-order valence-electron chi connectivity index (χ0n) is 14.1. The predicted octanol–water partition coefficient (Wildman–Crippen LogP) is 5.28. The fraction of sp³-hybridized carbons (Fsp3) is 0.263. The van der Waals surface area contributed by atoms with Crippen molar-refractivity contribution in [1.29, 1.82) is 0 Å². The van der Waals surface area contributed by atoms with Crippen LogP contribution in [0.1, 0.15) is 12.8 Å². The number of thioether (sulfide) groups is 1. The SMILES string of the molecule is O=C(CSc1nc2ccccc2s1)Nc1cc(Cl)ccc1N1CCCC1. The summed E-state index contributed by atoms with van der Waals surface area (Å²) in [5, 5.41) is 3.65. The van der Waals surface area contributed by atoms with E-state index >= 15 is 0 Å².